The Morgan fingerprint density at radius 1 is 1.60 bits per heavy atom. The van der Waals surface area contributed by atoms with E-state index in [1.54, 1.807) is 19.2 Å². The van der Waals surface area contributed by atoms with Crippen LogP contribution in [0.3, 0.4) is 0 Å². The smallest absolute Gasteiger partial charge is 0.337 e. The van der Waals surface area contributed by atoms with E-state index in [1.807, 2.05) is 6.07 Å². The topological polar surface area (TPSA) is 86.0 Å². The van der Waals surface area contributed by atoms with Crippen molar-refractivity contribution in [1.82, 2.24) is 4.98 Å². The highest BCUT2D eigenvalue weighted by Gasteiger charge is 2.14. The van der Waals surface area contributed by atoms with Crippen LogP contribution in [-0.4, -0.2) is 16.1 Å². The van der Waals surface area contributed by atoms with E-state index in [0.717, 1.165) is 4.88 Å². The summed E-state index contributed by atoms with van der Waals surface area (Å²) in [6.07, 6.45) is 1.64. The molecule has 0 unspecified atom stereocenters. The van der Waals surface area contributed by atoms with Gasteiger partial charge in [0.1, 0.15) is 0 Å². The van der Waals surface area contributed by atoms with Gasteiger partial charge in [0.25, 0.3) is 0 Å². The van der Waals surface area contributed by atoms with Gasteiger partial charge in [-0.25, -0.2) is 9.78 Å². The highest BCUT2D eigenvalue weighted by atomic mass is 35.5. The molecule has 1 heterocycles. The second kappa shape index (κ2) is 5.90. The summed E-state index contributed by atoms with van der Waals surface area (Å²) >= 11 is 7.07. The molecule has 0 aliphatic carbocycles. The van der Waals surface area contributed by atoms with Gasteiger partial charge >= 0.3 is 5.97 Å². The van der Waals surface area contributed by atoms with Gasteiger partial charge in [0, 0.05) is 11.1 Å². The molecule has 1 aromatic heterocycles. The molecular weight excluding hydrogens is 298 g/mol. The Morgan fingerprint density at radius 2 is 2.35 bits per heavy atom. The zero-order valence-electron chi connectivity index (χ0n) is 10.5. The fourth-order valence-electron chi connectivity index (χ4n) is 1.80. The van der Waals surface area contributed by atoms with Crippen molar-refractivity contribution in [3.8, 4) is 6.07 Å². The van der Waals surface area contributed by atoms with Gasteiger partial charge in [0.05, 0.1) is 29.4 Å². The van der Waals surface area contributed by atoms with Gasteiger partial charge in [-0.2, -0.15) is 5.26 Å². The molecule has 5 nitrogen and oxygen atoms in total. The SMILES string of the molecule is Cc1cc(C#N)cc(C(=O)O)c1NCc1cnc(Cl)s1. The van der Waals surface area contributed by atoms with Crippen LogP contribution in [0, 0.1) is 18.3 Å². The number of aromatic nitrogens is 1. The van der Waals surface area contributed by atoms with E-state index in [2.05, 4.69) is 10.3 Å². The summed E-state index contributed by atoms with van der Waals surface area (Å²) in [6.45, 7) is 2.19. The maximum absolute atomic E-state index is 11.3. The van der Waals surface area contributed by atoms with Crippen LogP contribution in [-0.2, 0) is 6.54 Å². The van der Waals surface area contributed by atoms with Crippen LogP contribution in [0.1, 0.15) is 26.4 Å². The van der Waals surface area contributed by atoms with Crippen molar-refractivity contribution in [1.29, 1.82) is 5.26 Å². The minimum Gasteiger partial charge on any atom is -0.478 e. The molecule has 0 saturated carbocycles. The van der Waals surface area contributed by atoms with Crippen molar-refractivity contribution < 1.29 is 9.90 Å². The Balaban J connectivity index is 2.31. The summed E-state index contributed by atoms with van der Waals surface area (Å²) in [5.41, 5.74) is 1.61. The quantitative estimate of drug-likeness (QED) is 0.905. The van der Waals surface area contributed by atoms with E-state index in [9.17, 15) is 9.90 Å². The number of anilines is 1. The minimum absolute atomic E-state index is 0.0807. The number of carboxylic acids is 1. The monoisotopic (exact) mass is 307 g/mol. The molecule has 0 aliphatic rings. The lowest BCUT2D eigenvalue weighted by Crippen LogP contribution is -2.08. The molecule has 102 valence electrons. The molecule has 0 aliphatic heterocycles. The maximum atomic E-state index is 11.3. The molecule has 0 spiro atoms. The lowest BCUT2D eigenvalue weighted by atomic mass is 10.0. The third kappa shape index (κ3) is 3.07. The maximum Gasteiger partial charge on any atom is 0.337 e. The molecule has 1 aromatic carbocycles. The van der Waals surface area contributed by atoms with E-state index in [-0.39, 0.29) is 5.56 Å². The number of aromatic carboxylic acids is 1. The molecule has 0 amide bonds. The molecule has 20 heavy (non-hydrogen) atoms. The molecule has 0 radical (unpaired) electrons. The first kappa shape index (κ1) is 14.3. The summed E-state index contributed by atoms with van der Waals surface area (Å²) in [5.74, 6) is -1.07. The van der Waals surface area contributed by atoms with Gasteiger partial charge in [-0.05, 0) is 24.6 Å². The fourth-order valence-corrected chi connectivity index (χ4v) is 2.71. The number of hydrogen-bond acceptors (Lipinski definition) is 5. The van der Waals surface area contributed by atoms with Crippen LogP contribution in [0.15, 0.2) is 18.3 Å². The highest BCUT2D eigenvalue weighted by Crippen LogP contribution is 2.25. The molecule has 0 saturated heterocycles. The van der Waals surface area contributed by atoms with E-state index < -0.39 is 5.97 Å². The number of benzene rings is 1. The van der Waals surface area contributed by atoms with Gasteiger partial charge in [-0.3, -0.25) is 0 Å². The van der Waals surface area contributed by atoms with Crippen molar-refractivity contribution in [2.45, 2.75) is 13.5 Å². The highest BCUT2D eigenvalue weighted by molar-refractivity contribution is 7.15. The molecule has 0 atom stereocenters. The number of rotatable bonds is 4. The number of carboxylic acid groups (broad SMARTS) is 1. The molecular formula is C13H10ClN3O2S. The van der Waals surface area contributed by atoms with Crippen LogP contribution in [0.5, 0.6) is 0 Å². The van der Waals surface area contributed by atoms with Gasteiger partial charge < -0.3 is 10.4 Å². The van der Waals surface area contributed by atoms with E-state index in [4.69, 9.17) is 16.9 Å². The summed E-state index contributed by atoms with van der Waals surface area (Å²) in [6, 6.07) is 4.96. The minimum atomic E-state index is -1.07. The third-order valence-corrected chi connectivity index (χ3v) is 3.77. The van der Waals surface area contributed by atoms with Gasteiger partial charge in [-0.15, -0.1) is 11.3 Å². The fraction of sp³-hybridized carbons (Fsp3) is 0.154. The number of nitriles is 1. The van der Waals surface area contributed by atoms with Crippen LogP contribution < -0.4 is 5.32 Å². The third-order valence-electron chi connectivity index (χ3n) is 2.66. The average molecular weight is 308 g/mol. The zero-order valence-corrected chi connectivity index (χ0v) is 12.0. The summed E-state index contributed by atoms with van der Waals surface area (Å²) in [4.78, 5) is 16.1. The van der Waals surface area contributed by atoms with Crippen molar-refractivity contribution in [2.24, 2.45) is 0 Å². The lowest BCUT2D eigenvalue weighted by Gasteiger charge is -2.12. The van der Waals surface area contributed by atoms with Crippen LogP contribution >= 0.6 is 22.9 Å². The summed E-state index contributed by atoms with van der Waals surface area (Å²) < 4.78 is 0.441. The first-order valence-corrected chi connectivity index (χ1v) is 6.83. The Morgan fingerprint density at radius 3 is 2.90 bits per heavy atom. The zero-order chi connectivity index (χ0) is 14.7. The number of nitrogens with one attached hydrogen (secondary N) is 1. The Bertz CT molecular complexity index is 706. The number of carbonyl (C=O) groups is 1. The molecule has 0 fully saturated rings. The molecule has 0 bridgehead atoms. The number of halogens is 1. The summed E-state index contributed by atoms with van der Waals surface area (Å²) in [7, 11) is 0. The van der Waals surface area contributed by atoms with Crippen LogP contribution in [0.25, 0.3) is 0 Å². The predicted molar refractivity (Wildman–Crippen MR) is 77.3 cm³/mol. The summed E-state index contributed by atoms with van der Waals surface area (Å²) in [5, 5.41) is 21.2. The number of hydrogen-bond donors (Lipinski definition) is 2. The first-order chi connectivity index (χ1) is 9.51. The van der Waals surface area contributed by atoms with E-state index in [1.165, 1.54) is 17.4 Å². The average Bonchev–Trinajstić information content (AvgIpc) is 2.82. The van der Waals surface area contributed by atoms with Gasteiger partial charge in [0.2, 0.25) is 0 Å². The number of nitrogens with zero attached hydrogens (tertiary/aromatic N) is 2. The second-order valence-electron chi connectivity index (χ2n) is 4.07. The number of aryl methyl sites for hydroxylation is 1. The Kier molecular flexibility index (Phi) is 4.23. The number of thiazole rings is 1. The van der Waals surface area contributed by atoms with E-state index >= 15 is 0 Å². The van der Waals surface area contributed by atoms with Crippen LogP contribution in [0.4, 0.5) is 5.69 Å². The molecule has 7 heteroatoms. The normalized spacial score (nSPS) is 10.1. The Labute approximate surface area is 124 Å². The first-order valence-electron chi connectivity index (χ1n) is 5.63. The van der Waals surface area contributed by atoms with Gasteiger partial charge in [0.15, 0.2) is 4.47 Å². The van der Waals surface area contributed by atoms with Crippen molar-refractivity contribution >= 4 is 34.6 Å². The second-order valence-corrected chi connectivity index (χ2v) is 5.76. The predicted octanol–water partition coefficient (Wildman–Crippen LogP) is 3.29. The Hall–Kier alpha value is -2.10. The largest absolute Gasteiger partial charge is 0.478 e. The lowest BCUT2D eigenvalue weighted by molar-refractivity contribution is 0.0698. The molecule has 2 N–H and O–H groups in total. The van der Waals surface area contributed by atoms with Crippen molar-refractivity contribution in [3.05, 3.63) is 44.4 Å². The van der Waals surface area contributed by atoms with Crippen molar-refractivity contribution in [2.75, 3.05) is 5.32 Å². The molecule has 2 aromatic rings. The van der Waals surface area contributed by atoms with E-state index in [0.29, 0.717) is 27.8 Å². The standard InChI is InChI=1S/C13H10ClN3O2S/c1-7-2-8(4-15)3-10(12(18)19)11(7)16-5-9-6-17-13(14)20-9/h2-3,6,16H,5H2,1H3,(H,18,19). The molecule has 2 rings (SSSR count). The van der Waals surface area contributed by atoms with Crippen molar-refractivity contribution in [3.63, 3.8) is 0 Å². The van der Waals surface area contributed by atoms with Gasteiger partial charge in [-0.1, -0.05) is 11.6 Å². The van der Waals surface area contributed by atoms with Crippen LogP contribution in [0.2, 0.25) is 4.47 Å².